The third kappa shape index (κ3) is 2.48. The Kier molecular flexibility index (Phi) is 3.80. The Hall–Kier alpha value is -2.63. The number of amides is 1. The number of nitrogens with one attached hydrogen (secondary N) is 2. The largest absolute Gasteiger partial charge is 0.370 e. The van der Waals surface area contributed by atoms with Crippen molar-refractivity contribution in [3.05, 3.63) is 30.7 Å². The van der Waals surface area contributed by atoms with Gasteiger partial charge in [0, 0.05) is 48.5 Å². The fourth-order valence-corrected chi connectivity index (χ4v) is 3.63. The molecule has 0 saturated carbocycles. The summed E-state index contributed by atoms with van der Waals surface area (Å²) in [6, 6.07) is 4.09. The highest BCUT2D eigenvalue weighted by molar-refractivity contribution is 6.10. The van der Waals surface area contributed by atoms with Crippen molar-refractivity contribution in [1.29, 1.82) is 0 Å². The van der Waals surface area contributed by atoms with E-state index in [1.54, 1.807) is 0 Å². The van der Waals surface area contributed by atoms with Gasteiger partial charge in [0.25, 0.3) is 0 Å². The monoisotopic (exact) mass is 323 g/mol. The van der Waals surface area contributed by atoms with E-state index in [4.69, 9.17) is 0 Å². The van der Waals surface area contributed by atoms with Crippen molar-refractivity contribution in [1.82, 2.24) is 20.3 Å². The first-order valence-electron chi connectivity index (χ1n) is 8.51. The molecule has 2 N–H and O–H groups in total. The highest BCUT2D eigenvalue weighted by Crippen LogP contribution is 2.33. The predicted octanol–water partition coefficient (Wildman–Crippen LogP) is 2.46. The highest BCUT2D eigenvalue weighted by atomic mass is 16.1. The van der Waals surface area contributed by atoms with Crippen molar-refractivity contribution >= 4 is 33.5 Å². The third-order valence-corrected chi connectivity index (χ3v) is 4.75. The second-order valence-electron chi connectivity index (χ2n) is 6.27. The summed E-state index contributed by atoms with van der Waals surface area (Å²) in [4.78, 5) is 26.6. The molecule has 0 bridgehead atoms. The molecule has 0 spiro atoms. The lowest BCUT2D eigenvalue weighted by Gasteiger charge is -2.34. The van der Waals surface area contributed by atoms with Crippen LogP contribution in [-0.4, -0.2) is 40.5 Å². The Labute approximate surface area is 140 Å². The molecule has 1 unspecified atom stereocenters. The van der Waals surface area contributed by atoms with Gasteiger partial charge < -0.3 is 15.2 Å². The molecule has 4 rings (SSSR count). The lowest BCUT2D eigenvalue weighted by atomic mass is 9.96. The van der Waals surface area contributed by atoms with Crippen LogP contribution < -0.4 is 10.2 Å². The molecule has 4 heterocycles. The molecule has 24 heavy (non-hydrogen) atoms. The number of nitrogens with zero attached hydrogens (tertiary/aromatic N) is 3. The van der Waals surface area contributed by atoms with Crippen molar-refractivity contribution in [2.75, 3.05) is 24.5 Å². The Balaban J connectivity index is 1.75. The summed E-state index contributed by atoms with van der Waals surface area (Å²) in [5.74, 6) is 0.208. The SMILES string of the molecule is CCNC(=O)C1CCCN(c2ccnc3cnc4[nH]ccc4c23)C1. The quantitative estimate of drug-likeness (QED) is 0.776. The number of pyridine rings is 2. The molecule has 0 radical (unpaired) electrons. The van der Waals surface area contributed by atoms with Gasteiger partial charge in [-0.05, 0) is 31.9 Å². The van der Waals surface area contributed by atoms with Crippen LogP contribution in [0.4, 0.5) is 5.69 Å². The number of carbonyl (C=O) groups is 1. The maximum absolute atomic E-state index is 12.2. The molecule has 1 saturated heterocycles. The first-order chi connectivity index (χ1) is 11.8. The zero-order valence-electron chi connectivity index (χ0n) is 13.7. The Morgan fingerprint density at radius 1 is 1.42 bits per heavy atom. The van der Waals surface area contributed by atoms with E-state index in [2.05, 4.69) is 31.2 Å². The Bertz CT molecular complexity index is 887. The molecular weight excluding hydrogens is 302 g/mol. The lowest BCUT2D eigenvalue weighted by Crippen LogP contribution is -2.43. The van der Waals surface area contributed by atoms with Gasteiger partial charge in [0.15, 0.2) is 0 Å². The first kappa shape index (κ1) is 14.9. The Morgan fingerprint density at radius 2 is 2.33 bits per heavy atom. The fraction of sp³-hybridized carbons (Fsp3) is 0.389. The van der Waals surface area contributed by atoms with Crippen LogP contribution in [0.3, 0.4) is 0 Å². The number of rotatable bonds is 3. The van der Waals surface area contributed by atoms with Crippen LogP contribution in [0.5, 0.6) is 0 Å². The average Bonchev–Trinajstić information content (AvgIpc) is 3.10. The molecular formula is C18H21N5O. The number of piperidine rings is 1. The van der Waals surface area contributed by atoms with E-state index in [9.17, 15) is 4.79 Å². The van der Waals surface area contributed by atoms with E-state index >= 15 is 0 Å². The minimum absolute atomic E-state index is 0.0467. The smallest absolute Gasteiger partial charge is 0.224 e. The van der Waals surface area contributed by atoms with Gasteiger partial charge in [0.1, 0.15) is 5.65 Å². The molecule has 0 aromatic carbocycles. The van der Waals surface area contributed by atoms with Crippen LogP contribution in [0, 0.1) is 5.92 Å². The van der Waals surface area contributed by atoms with Crippen molar-refractivity contribution < 1.29 is 4.79 Å². The number of anilines is 1. The molecule has 3 aromatic rings. The van der Waals surface area contributed by atoms with Crippen LogP contribution in [-0.2, 0) is 4.79 Å². The normalized spacial score (nSPS) is 18.2. The van der Waals surface area contributed by atoms with Crippen LogP contribution in [0.15, 0.2) is 30.7 Å². The minimum Gasteiger partial charge on any atom is -0.370 e. The summed E-state index contributed by atoms with van der Waals surface area (Å²) >= 11 is 0. The van der Waals surface area contributed by atoms with Gasteiger partial charge in [-0.2, -0.15) is 0 Å². The molecule has 124 valence electrons. The van der Waals surface area contributed by atoms with Gasteiger partial charge in [-0.1, -0.05) is 0 Å². The molecule has 0 aliphatic carbocycles. The van der Waals surface area contributed by atoms with E-state index in [1.165, 1.54) is 0 Å². The number of aromatic nitrogens is 3. The van der Waals surface area contributed by atoms with Gasteiger partial charge in [-0.25, -0.2) is 4.98 Å². The van der Waals surface area contributed by atoms with E-state index in [0.717, 1.165) is 53.6 Å². The van der Waals surface area contributed by atoms with Crippen LogP contribution >= 0.6 is 0 Å². The maximum atomic E-state index is 12.2. The number of H-pyrrole nitrogens is 1. The maximum Gasteiger partial charge on any atom is 0.224 e. The number of fused-ring (bicyclic) bond motifs is 3. The molecule has 6 nitrogen and oxygen atoms in total. The van der Waals surface area contributed by atoms with Crippen LogP contribution in [0.2, 0.25) is 0 Å². The summed E-state index contributed by atoms with van der Waals surface area (Å²) in [5, 5.41) is 5.15. The van der Waals surface area contributed by atoms with Crippen molar-refractivity contribution in [3.8, 4) is 0 Å². The first-order valence-corrected chi connectivity index (χ1v) is 8.51. The second kappa shape index (κ2) is 6.11. The summed E-state index contributed by atoms with van der Waals surface area (Å²) < 4.78 is 0. The number of hydrogen-bond donors (Lipinski definition) is 2. The molecule has 1 atom stereocenters. The van der Waals surface area contributed by atoms with E-state index in [-0.39, 0.29) is 11.8 Å². The average molecular weight is 323 g/mol. The summed E-state index contributed by atoms with van der Waals surface area (Å²) in [6.45, 7) is 4.36. The van der Waals surface area contributed by atoms with E-state index in [0.29, 0.717) is 6.54 Å². The van der Waals surface area contributed by atoms with Gasteiger partial charge in [-0.15, -0.1) is 0 Å². The van der Waals surface area contributed by atoms with E-state index < -0.39 is 0 Å². The van der Waals surface area contributed by atoms with Crippen molar-refractivity contribution in [2.24, 2.45) is 5.92 Å². The second-order valence-corrected chi connectivity index (χ2v) is 6.27. The van der Waals surface area contributed by atoms with Gasteiger partial charge in [0.2, 0.25) is 5.91 Å². The van der Waals surface area contributed by atoms with Gasteiger partial charge in [0.05, 0.1) is 17.6 Å². The standard InChI is InChI=1S/C18H21N5O/c1-2-19-18(24)12-4-3-9-23(11-12)15-6-8-20-14-10-22-17-13(16(14)15)5-7-21-17/h5-8,10,12H,2-4,9,11H2,1H3,(H,19,24)(H,21,22). The Morgan fingerprint density at radius 3 is 3.21 bits per heavy atom. The molecule has 1 amide bonds. The number of aromatic amines is 1. The van der Waals surface area contributed by atoms with Crippen LogP contribution in [0.25, 0.3) is 21.9 Å². The van der Waals surface area contributed by atoms with Crippen molar-refractivity contribution in [3.63, 3.8) is 0 Å². The highest BCUT2D eigenvalue weighted by Gasteiger charge is 2.26. The molecule has 1 fully saturated rings. The summed E-state index contributed by atoms with van der Waals surface area (Å²) in [5.41, 5.74) is 2.90. The topological polar surface area (TPSA) is 73.9 Å². The fourth-order valence-electron chi connectivity index (χ4n) is 3.63. The third-order valence-electron chi connectivity index (χ3n) is 4.75. The molecule has 6 heteroatoms. The number of hydrogen-bond acceptors (Lipinski definition) is 4. The molecule has 3 aromatic heterocycles. The predicted molar refractivity (Wildman–Crippen MR) is 95.0 cm³/mol. The van der Waals surface area contributed by atoms with E-state index in [1.807, 2.05) is 31.6 Å². The number of carbonyl (C=O) groups excluding carboxylic acids is 1. The zero-order valence-corrected chi connectivity index (χ0v) is 13.7. The van der Waals surface area contributed by atoms with Gasteiger partial charge in [-0.3, -0.25) is 9.78 Å². The van der Waals surface area contributed by atoms with Crippen LogP contribution in [0.1, 0.15) is 19.8 Å². The van der Waals surface area contributed by atoms with Crippen molar-refractivity contribution in [2.45, 2.75) is 19.8 Å². The van der Waals surface area contributed by atoms with Gasteiger partial charge >= 0.3 is 0 Å². The summed E-state index contributed by atoms with van der Waals surface area (Å²) in [7, 11) is 0. The summed E-state index contributed by atoms with van der Waals surface area (Å²) in [6.07, 6.45) is 7.51. The molecule has 1 aliphatic rings. The minimum atomic E-state index is 0.0467. The zero-order chi connectivity index (χ0) is 16.5. The molecule has 1 aliphatic heterocycles. The lowest BCUT2D eigenvalue weighted by molar-refractivity contribution is -0.125.